The number of nitrogens with zero attached hydrogens (tertiary/aromatic N) is 4. The fourth-order valence-corrected chi connectivity index (χ4v) is 3.16. The minimum atomic E-state index is -0.746. The summed E-state index contributed by atoms with van der Waals surface area (Å²) in [7, 11) is 0. The lowest BCUT2D eigenvalue weighted by Crippen LogP contribution is -2.28. The number of ether oxygens (including phenoxy) is 1. The van der Waals surface area contributed by atoms with Gasteiger partial charge in [-0.15, -0.1) is 0 Å². The Hall–Kier alpha value is -3.64. The van der Waals surface area contributed by atoms with Gasteiger partial charge in [0, 0.05) is 42.6 Å². The molecule has 1 unspecified atom stereocenters. The van der Waals surface area contributed by atoms with Gasteiger partial charge in [0.05, 0.1) is 18.2 Å². The Kier molecular flexibility index (Phi) is 7.05. The van der Waals surface area contributed by atoms with Crippen molar-refractivity contribution in [3.8, 4) is 11.9 Å². The second kappa shape index (κ2) is 9.91. The van der Waals surface area contributed by atoms with Gasteiger partial charge in [0.1, 0.15) is 17.7 Å². The highest BCUT2D eigenvalue weighted by Gasteiger charge is 2.30. The minimum Gasteiger partial charge on any atom is -0.478 e. The van der Waals surface area contributed by atoms with Gasteiger partial charge in [0.2, 0.25) is 5.88 Å². The molecular weight excluding hydrogens is 404 g/mol. The largest absolute Gasteiger partial charge is 0.478 e. The summed E-state index contributed by atoms with van der Waals surface area (Å²) in [5.41, 5.74) is 6.22. The van der Waals surface area contributed by atoms with Crippen molar-refractivity contribution in [2.75, 3.05) is 6.61 Å². The first-order valence-electron chi connectivity index (χ1n) is 9.65. The number of carbonyl (C=O) groups is 1. The third-order valence-corrected chi connectivity index (χ3v) is 4.83. The molecule has 1 amide bonds. The van der Waals surface area contributed by atoms with E-state index in [9.17, 15) is 13.6 Å². The highest BCUT2D eigenvalue weighted by Crippen LogP contribution is 2.31. The van der Waals surface area contributed by atoms with Crippen molar-refractivity contribution in [2.24, 2.45) is 10.8 Å². The monoisotopic (exact) mass is 425 g/mol. The second-order valence-electron chi connectivity index (χ2n) is 6.92. The molecule has 0 spiro atoms. The molecule has 0 fully saturated rings. The van der Waals surface area contributed by atoms with Crippen molar-refractivity contribution in [1.82, 2.24) is 9.99 Å². The van der Waals surface area contributed by atoms with Crippen LogP contribution in [0.25, 0.3) is 0 Å². The standard InChI is InChI=1S/C22H21F2N5O2/c1-14(3-2-8-31-21-5-4-15(11-25)13-27-21)22(30)29-20(6-7-28-29)16-9-18(23)17(12-26)19(24)10-16/h4-5,7,9-10,13,20H,1-3,6,8,12,26H2. The van der Waals surface area contributed by atoms with Crippen LogP contribution in [0, 0.1) is 23.0 Å². The van der Waals surface area contributed by atoms with Crippen LogP contribution in [0.1, 0.15) is 42.0 Å². The van der Waals surface area contributed by atoms with Crippen molar-refractivity contribution < 1.29 is 18.3 Å². The number of benzene rings is 1. The van der Waals surface area contributed by atoms with E-state index in [2.05, 4.69) is 16.7 Å². The van der Waals surface area contributed by atoms with Crippen molar-refractivity contribution in [2.45, 2.75) is 31.8 Å². The average molecular weight is 425 g/mol. The normalized spacial score (nSPS) is 15.0. The molecule has 9 heteroatoms. The first kappa shape index (κ1) is 22.1. The molecule has 0 saturated heterocycles. The van der Waals surface area contributed by atoms with Gasteiger partial charge in [0.15, 0.2) is 0 Å². The molecule has 2 heterocycles. The smallest absolute Gasteiger partial charge is 0.269 e. The number of hydrogen-bond acceptors (Lipinski definition) is 6. The van der Waals surface area contributed by atoms with Crippen LogP contribution in [0.5, 0.6) is 5.88 Å². The Bertz CT molecular complexity index is 1020. The lowest BCUT2D eigenvalue weighted by atomic mass is 10.0. The van der Waals surface area contributed by atoms with Crippen LogP contribution >= 0.6 is 0 Å². The molecule has 3 rings (SSSR count). The Morgan fingerprint density at radius 1 is 1.35 bits per heavy atom. The molecule has 31 heavy (non-hydrogen) atoms. The molecule has 1 aromatic carbocycles. The lowest BCUT2D eigenvalue weighted by Gasteiger charge is -2.23. The quantitative estimate of drug-likeness (QED) is 0.516. The molecular formula is C22H21F2N5O2. The summed E-state index contributed by atoms with van der Waals surface area (Å²) < 4.78 is 33.7. The van der Waals surface area contributed by atoms with Gasteiger partial charge in [-0.2, -0.15) is 10.4 Å². The Morgan fingerprint density at radius 3 is 2.71 bits per heavy atom. The Balaban J connectivity index is 1.56. The molecule has 2 N–H and O–H groups in total. The van der Waals surface area contributed by atoms with Crippen molar-refractivity contribution in [3.63, 3.8) is 0 Å². The van der Waals surface area contributed by atoms with Gasteiger partial charge >= 0.3 is 0 Å². The minimum absolute atomic E-state index is 0.193. The van der Waals surface area contributed by atoms with Gasteiger partial charge in [0.25, 0.3) is 5.91 Å². The van der Waals surface area contributed by atoms with Crippen LogP contribution in [0.15, 0.2) is 47.7 Å². The second-order valence-corrected chi connectivity index (χ2v) is 6.92. The van der Waals surface area contributed by atoms with Crippen LogP contribution in [0.4, 0.5) is 8.78 Å². The highest BCUT2D eigenvalue weighted by molar-refractivity contribution is 5.94. The maximum atomic E-state index is 14.1. The summed E-state index contributed by atoms with van der Waals surface area (Å²) in [6, 6.07) is 6.93. The molecule has 1 aliphatic rings. The van der Waals surface area contributed by atoms with Crippen LogP contribution < -0.4 is 10.5 Å². The summed E-state index contributed by atoms with van der Waals surface area (Å²) in [6.07, 6.45) is 4.14. The lowest BCUT2D eigenvalue weighted by molar-refractivity contribution is -0.129. The molecule has 1 aliphatic heterocycles. The summed E-state index contributed by atoms with van der Waals surface area (Å²) in [6.45, 7) is 3.87. The number of aromatic nitrogens is 1. The van der Waals surface area contributed by atoms with E-state index in [0.717, 1.165) is 0 Å². The van der Waals surface area contributed by atoms with Gasteiger partial charge in [-0.05, 0) is 36.6 Å². The SMILES string of the molecule is C=C(CCCOc1ccc(C#N)cn1)C(=O)N1N=CCC1c1cc(F)c(CN)c(F)c1. The number of rotatable bonds is 8. The number of carbonyl (C=O) groups excluding carboxylic acids is 1. The van der Waals surface area contributed by atoms with Crippen LogP contribution in [-0.4, -0.2) is 28.7 Å². The van der Waals surface area contributed by atoms with E-state index in [1.165, 1.54) is 29.6 Å². The molecule has 7 nitrogen and oxygen atoms in total. The predicted molar refractivity (Wildman–Crippen MR) is 110 cm³/mol. The van der Waals surface area contributed by atoms with E-state index in [4.69, 9.17) is 15.7 Å². The fraction of sp³-hybridized carbons (Fsp3) is 0.273. The maximum absolute atomic E-state index is 14.1. The molecule has 1 aromatic heterocycles. The zero-order chi connectivity index (χ0) is 22.4. The van der Waals surface area contributed by atoms with E-state index in [1.54, 1.807) is 12.1 Å². The van der Waals surface area contributed by atoms with E-state index in [-0.39, 0.29) is 12.1 Å². The molecule has 1 atom stereocenters. The van der Waals surface area contributed by atoms with Crippen LogP contribution in [0.3, 0.4) is 0 Å². The first-order valence-corrected chi connectivity index (χ1v) is 9.65. The van der Waals surface area contributed by atoms with Gasteiger partial charge in [-0.25, -0.2) is 18.8 Å². The summed E-state index contributed by atoms with van der Waals surface area (Å²) >= 11 is 0. The van der Waals surface area contributed by atoms with Crippen LogP contribution in [-0.2, 0) is 11.3 Å². The molecule has 0 aliphatic carbocycles. The zero-order valence-electron chi connectivity index (χ0n) is 16.7. The van der Waals surface area contributed by atoms with Gasteiger partial charge in [-0.1, -0.05) is 6.58 Å². The summed E-state index contributed by atoms with van der Waals surface area (Å²) in [5.74, 6) is -1.53. The van der Waals surface area contributed by atoms with E-state index < -0.39 is 23.6 Å². The van der Waals surface area contributed by atoms with Crippen LogP contribution in [0.2, 0.25) is 0 Å². The third-order valence-electron chi connectivity index (χ3n) is 4.83. The molecule has 0 saturated carbocycles. The number of nitrogens with two attached hydrogens (primary N) is 1. The van der Waals surface area contributed by atoms with Gasteiger partial charge < -0.3 is 10.5 Å². The van der Waals surface area contributed by atoms with Crippen molar-refractivity contribution in [3.05, 3.63) is 70.9 Å². The molecule has 160 valence electrons. The topological polar surface area (TPSA) is 105 Å². The van der Waals surface area contributed by atoms with Crippen molar-refractivity contribution in [1.29, 1.82) is 5.26 Å². The number of amides is 1. The summed E-state index contributed by atoms with van der Waals surface area (Å²) in [5, 5.41) is 14.0. The van der Waals surface area contributed by atoms with E-state index in [0.29, 0.717) is 48.4 Å². The number of hydrogen-bond donors (Lipinski definition) is 1. The maximum Gasteiger partial charge on any atom is 0.269 e. The number of pyridine rings is 1. The first-order chi connectivity index (χ1) is 14.9. The fourth-order valence-electron chi connectivity index (χ4n) is 3.16. The van der Waals surface area contributed by atoms with Crippen molar-refractivity contribution >= 4 is 12.1 Å². The Morgan fingerprint density at radius 2 is 2.10 bits per heavy atom. The Labute approximate surface area is 178 Å². The van der Waals surface area contributed by atoms with E-state index in [1.807, 2.05) is 6.07 Å². The molecule has 2 aromatic rings. The average Bonchev–Trinajstić information content (AvgIpc) is 3.26. The third kappa shape index (κ3) is 5.10. The number of halogens is 2. The molecule has 0 bridgehead atoms. The summed E-state index contributed by atoms with van der Waals surface area (Å²) in [4.78, 5) is 16.8. The molecule has 0 radical (unpaired) electrons. The number of nitriles is 1. The number of hydrazone groups is 1. The zero-order valence-corrected chi connectivity index (χ0v) is 16.7. The predicted octanol–water partition coefficient (Wildman–Crippen LogP) is 3.36. The van der Waals surface area contributed by atoms with E-state index >= 15 is 0 Å². The highest BCUT2D eigenvalue weighted by atomic mass is 19.1. The van der Waals surface area contributed by atoms with Gasteiger partial charge in [-0.3, -0.25) is 4.79 Å².